The van der Waals surface area contributed by atoms with Crippen LogP contribution < -0.4 is 10.9 Å². The number of carbonyl (C=O) groups excluding carboxylic acids is 2. The summed E-state index contributed by atoms with van der Waals surface area (Å²) in [5.74, 6) is -0.134. The van der Waals surface area contributed by atoms with Gasteiger partial charge in [-0.2, -0.15) is 0 Å². The Hall–Kier alpha value is -2.70. The van der Waals surface area contributed by atoms with Crippen molar-refractivity contribution in [2.45, 2.75) is 32.4 Å². The van der Waals surface area contributed by atoms with Gasteiger partial charge in [-0.25, -0.2) is 4.98 Å². The van der Waals surface area contributed by atoms with Crippen LogP contribution in [0, 0.1) is 6.92 Å². The van der Waals surface area contributed by atoms with Gasteiger partial charge in [-0.05, 0) is 18.6 Å². The Balaban J connectivity index is 1.66. The van der Waals surface area contributed by atoms with E-state index in [0.29, 0.717) is 23.9 Å². The molecule has 126 valence electrons. The fourth-order valence-electron chi connectivity index (χ4n) is 2.98. The van der Waals surface area contributed by atoms with Crippen molar-refractivity contribution in [3.8, 4) is 0 Å². The molecule has 0 saturated carbocycles. The molecule has 0 bridgehead atoms. The van der Waals surface area contributed by atoms with Crippen molar-refractivity contribution in [2.75, 3.05) is 13.6 Å². The van der Waals surface area contributed by atoms with Crippen LogP contribution >= 0.6 is 0 Å². The molecule has 1 aliphatic rings. The first kappa shape index (κ1) is 16.2. The van der Waals surface area contributed by atoms with E-state index in [1.54, 1.807) is 18.0 Å². The SMILES string of the molecule is Cc1cccc2c(=O)n(CCC(=O)NC3CC(=O)N(C)C3)cnc12. The van der Waals surface area contributed by atoms with E-state index >= 15 is 0 Å². The molecule has 0 aliphatic carbocycles. The van der Waals surface area contributed by atoms with Gasteiger partial charge in [0.25, 0.3) is 5.56 Å². The van der Waals surface area contributed by atoms with Crippen molar-refractivity contribution in [3.63, 3.8) is 0 Å². The number of likely N-dealkylation sites (tertiary alicyclic amines) is 1. The molecule has 1 saturated heterocycles. The molecule has 24 heavy (non-hydrogen) atoms. The summed E-state index contributed by atoms with van der Waals surface area (Å²) in [5, 5.41) is 3.39. The summed E-state index contributed by atoms with van der Waals surface area (Å²) in [7, 11) is 1.72. The molecule has 1 atom stereocenters. The van der Waals surface area contributed by atoms with E-state index in [9.17, 15) is 14.4 Å². The van der Waals surface area contributed by atoms with Crippen LogP contribution in [0.1, 0.15) is 18.4 Å². The lowest BCUT2D eigenvalue weighted by atomic mass is 10.1. The third-order valence-corrected chi connectivity index (χ3v) is 4.34. The van der Waals surface area contributed by atoms with Gasteiger partial charge in [0, 0.05) is 33.0 Å². The summed E-state index contributed by atoms with van der Waals surface area (Å²) in [6, 6.07) is 5.33. The van der Waals surface area contributed by atoms with Crippen LogP contribution in [0.25, 0.3) is 10.9 Å². The largest absolute Gasteiger partial charge is 0.351 e. The number of fused-ring (bicyclic) bond motifs is 1. The average molecular weight is 328 g/mol. The third-order valence-electron chi connectivity index (χ3n) is 4.34. The van der Waals surface area contributed by atoms with Gasteiger partial charge in [-0.15, -0.1) is 0 Å². The Morgan fingerprint density at radius 3 is 2.88 bits per heavy atom. The van der Waals surface area contributed by atoms with Gasteiger partial charge < -0.3 is 10.2 Å². The van der Waals surface area contributed by atoms with Crippen LogP contribution in [-0.4, -0.2) is 45.9 Å². The van der Waals surface area contributed by atoms with Gasteiger partial charge in [0.05, 0.1) is 23.3 Å². The molecule has 2 amide bonds. The molecule has 3 rings (SSSR count). The van der Waals surface area contributed by atoms with Crippen molar-refractivity contribution < 1.29 is 9.59 Å². The molecule has 7 nitrogen and oxygen atoms in total. The van der Waals surface area contributed by atoms with Crippen LogP contribution in [0.5, 0.6) is 0 Å². The first-order chi connectivity index (χ1) is 11.5. The number of benzene rings is 1. The molecule has 2 aromatic rings. The van der Waals surface area contributed by atoms with Gasteiger partial charge in [0.2, 0.25) is 11.8 Å². The Morgan fingerprint density at radius 1 is 1.38 bits per heavy atom. The van der Waals surface area contributed by atoms with Gasteiger partial charge in [-0.3, -0.25) is 19.0 Å². The molecule has 7 heteroatoms. The van der Waals surface area contributed by atoms with Gasteiger partial charge in [-0.1, -0.05) is 12.1 Å². The predicted molar refractivity (Wildman–Crippen MR) is 89.5 cm³/mol. The van der Waals surface area contributed by atoms with Crippen LogP contribution in [0.15, 0.2) is 29.3 Å². The lowest BCUT2D eigenvalue weighted by Gasteiger charge is -2.13. The lowest BCUT2D eigenvalue weighted by Crippen LogP contribution is -2.37. The fourth-order valence-corrected chi connectivity index (χ4v) is 2.98. The number of para-hydroxylation sites is 1. The molecule has 2 heterocycles. The summed E-state index contributed by atoms with van der Waals surface area (Å²) >= 11 is 0. The first-order valence-corrected chi connectivity index (χ1v) is 7.94. The second-order valence-electron chi connectivity index (χ2n) is 6.21. The predicted octanol–water partition coefficient (Wildman–Crippen LogP) is 0.442. The number of hydrogen-bond donors (Lipinski definition) is 1. The van der Waals surface area contributed by atoms with E-state index in [-0.39, 0.29) is 36.4 Å². The zero-order valence-electron chi connectivity index (χ0n) is 13.8. The molecule has 1 N–H and O–H groups in total. The zero-order chi connectivity index (χ0) is 17.3. The molecule has 1 unspecified atom stereocenters. The van der Waals surface area contributed by atoms with Gasteiger partial charge >= 0.3 is 0 Å². The van der Waals surface area contributed by atoms with E-state index in [4.69, 9.17) is 0 Å². The molecule has 1 fully saturated rings. The van der Waals surface area contributed by atoms with E-state index in [1.807, 2.05) is 19.1 Å². The minimum atomic E-state index is -0.167. The highest BCUT2D eigenvalue weighted by molar-refractivity contribution is 5.82. The Morgan fingerprint density at radius 2 is 2.17 bits per heavy atom. The maximum Gasteiger partial charge on any atom is 0.261 e. The van der Waals surface area contributed by atoms with Crippen LogP contribution in [0.2, 0.25) is 0 Å². The molecule has 1 aromatic carbocycles. The van der Waals surface area contributed by atoms with E-state index in [1.165, 1.54) is 10.9 Å². The van der Waals surface area contributed by atoms with Crippen molar-refractivity contribution in [1.82, 2.24) is 19.8 Å². The first-order valence-electron chi connectivity index (χ1n) is 7.94. The van der Waals surface area contributed by atoms with E-state index in [0.717, 1.165) is 5.56 Å². The number of rotatable bonds is 4. The van der Waals surface area contributed by atoms with Crippen molar-refractivity contribution in [3.05, 3.63) is 40.4 Å². The van der Waals surface area contributed by atoms with Crippen LogP contribution in [0.4, 0.5) is 0 Å². The maximum atomic E-state index is 12.5. The lowest BCUT2D eigenvalue weighted by molar-refractivity contribution is -0.126. The maximum absolute atomic E-state index is 12.5. The number of carbonyl (C=O) groups is 2. The molecule has 1 aliphatic heterocycles. The standard InChI is InChI=1S/C17H20N4O3/c1-11-4-3-5-13-16(11)18-10-21(17(13)24)7-6-14(22)19-12-8-15(23)20(2)9-12/h3-5,10,12H,6-9H2,1-2H3,(H,19,22). The van der Waals surface area contributed by atoms with Crippen LogP contribution in [0.3, 0.4) is 0 Å². The van der Waals surface area contributed by atoms with E-state index in [2.05, 4.69) is 10.3 Å². The van der Waals surface area contributed by atoms with Gasteiger partial charge in [0.15, 0.2) is 0 Å². The number of likely N-dealkylation sites (N-methyl/N-ethyl adjacent to an activating group) is 1. The van der Waals surface area contributed by atoms with E-state index < -0.39 is 0 Å². The topological polar surface area (TPSA) is 84.3 Å². The molecular formula is C17H20N4O3. The zero-order valence-corrected chi connectivity index (χ0v) is 13.8. The highest BCUT2D eigenvalue weighted by atomic mass is 16.2. The summed E-state index contributed by atoms with van der Waals surface area (Å²) in [4.78, 5) is 41.9. The minimum Gasteiger partial charge on any atom is -0.351 e. The number of nitrogens with one attached hydrogen (secondary N) is 1. The Kier molecular flexibility index (Phi) is 4.33. The second-order valence-corrected chi connectivity index (χ2v) is 6.21. The van der Waals surface area contributed by atoms with Crippen molar-refractivity contribution in [1.29, 1.82) is 0 Å². The highest BCUT2D eigenvalue weighted by Crippen LogP contribution is 2.11. The Labute approximate surface area is 139 Å². The quantitative estimate of drug-likeness (QED) is 0.883. The third kappa shape index (κ3) is 3.15. The number of aromatic nitrogens is 2. The normalized spacial score (nSPS) is 17.5. The molecule has 1 aromatic heterocycles. The highest BCUT2D eigenvalue weighted by Gasteiger charge is 2.27. The second kappa shape index (κ2) is 6.43. The molecule has 0 radical (unpaired) electrons. The Bertz CT molecular complexity index is 859. The summed E-state index contributed by atoms with van der Waals surface area (Å²) < 4.78 is 1.45. The van der Waals surface area contributed by atoms with Crippen molar-refractivity contribution in [2.24, 2.45) is 0 Å². The monoisotopic (exact) mass is 328 g/mol. The molecule has 0 spiro atoms. The molecular weight excluding hydrogens is 308 g/mol. The summed E-state index contributed by atoms with van der Waals surface area (Å²) in [5.41, 5.74) is 1.49. The average Bonchev–Trinajstić information content (AvgIpc) is 2.85. The van der Waals surface area contributed by atoms with Gasteiger partial charge in [0.1, 0.15) is 0 Å². The van der Waals surface area contributed by atoms with Crippen LogP contribution in [-0.2, 0) is 16.1 Å². The number of amides is 2. The smallest absolute Gasteiger partial charge is 0.261 e. The minimum absolute atomic E-state index is 0.0330. The number of nitrogens with zero attached hydrogens (tertiary/aromatic N) is 3. The summed E-state index contributed by atoms with van der Waals surface area (Å²) in [6.45, 7) is 2.70. The van der Waals surface area contributed by atoms with Crippen molar-refractivity contribution >= 4 is 22.7 Å². The number of hydrogen-bond acceptors (Lipinski definition) is 4. The number of aryl methyl sites for hydroxylation is 2. The summed E-state index contributed by atoms with van der Waals surface area (Å²) in [6.07, 6.45) is 1.99. The fraction of sp³-hybridized carbons (Fsp3) is 0.412.